The van der Waals surface area contributed by atoms with Gasteiger partial charge in [-0.3, -0.25) is 0 Å². The standard InChI is InChI=1S/C15H30O4Si/c1-9-10(16)12(19-20(7,8)14(2,3)4)13-11(9)17-15(5,6)18-13/h9-13,16H,1-8H3/t9-,10-,11+,12+,13+/m1/s1. The summed E-state index contributed by atoms with van der Waals surface area (Å²) in [4.78, 5) is 0. The molecule has 1 saturated carbocycles. The maximum Gasteiger partial charge on any atom is 0.192 e. The number of hydrogen-bond donors (Lipinski definition) is 1. The highest BCUT2D eigenvalue weighted by atomic mass is 28.4. The molecule has 0 bridgehead atoms. The third-order valence-corrected chi connectivity index (χ3v) is 9.59. The van der Waals surface area contributed by atoms with E-state index < -0.39 is 20.2 Å². The molecule has 1 saturated heterocycles. The van der Waals surface area contributed by atoms with E-state index >= 15 is 0 Å². The van der Waals surface area contributed by atoms with Gasteiger partial charge >= 0.3 is 0 Å². The van der Waals surface area contributed by atoms with Crippen molar-refractivity contribution in [1.82, 2.24) is 0 Å². The predicted octanol–water partition coefficient (Wildman–Crippen LogP) is 2.91. The zero-order valence-electron chi connectivity index (χ0n) is 14.1. The lowest BCUT2D eigenvalue weighted by Crippen LogP contribution is -2.49. The number of rotatable bonds is 2. The smallest absolute Gasteiger partial charge is 0.192 e. The van der Waals surface area contributed by atoms with Gasteiger partial charge in [0.1, 0.15) is 12.2 Å². The van der Waals surface area contributed by atoms with Crippen LogP contribution in [-0.2, 0) is 13.9 Å². The first kappa shape index (κ1) is 16.4. The maximum absolute atomic E-state index is 10.5. The zero-order chi connectivity index (χ0) is 15.5. The zero-order valence-corrected chi connectivity index (χ0v) is 15.1. The second-order valence-corrected chi connectivity index (χ2v) is 13.0. The quantitative estimate of drug-likeness (QED) is 0.797. The monoisotopic (exact) mass is 302 g/mol. The average Bonchev–Trinajstić information content (AvgIpc) is 2.66. The molecule has 0 radical (unpaired) electrons. The van der Waals surface area contributed by atoms with Crippen molar-refractivity contribution in [1.29, 1.82) is 0 Å². The third kappa shape index (κ3) is 2.71. The minimum absolute atomic E-state index is 0.0385. The Morgan fingerprint density at radius 1 is 1.10 bits per heavy atom. The Hall–Kier alpha value is 0.0569. The van der Waals surface area contributed by atoms with Crippen molar-refractivity contribution in [3.05, 3.63) is 0 Å². The lowest BCUT2D eigenvalue weighted by Gasteiger charge is -2.40. The second kappa shape index (κ2) is 4.78. The fourth-order valence-electron chi connectivity index (χ4n) is 2.82. The van der Waals surface area contributed by atoms with Crippen LogP contribution in [0.2, 0.25) is 18.1 Å². The van der Waals surface area contributed by atoms with Gasteiger partial charge in [-0.25, -0.2) is 0 Å². The molecule has 0 aromatic heterocycles. The number of hydrogen-bond acceptors (Lipinski definition) is 4. The van der Waals surface area contributed by atoms with Crippen molar-refractivity contribution in [2.75, 3.05) is 0 Å². The Kier molecular flexibility index (Phi) is 3.93. The van der Waals surface area contributed by atoms with E-state index in [1.54, 1.807) is 0 Å². The molecule has 2 fully saturated rings. The minimum atomic E-state index is -1.94. The molecule has 0 aromatic rings. The highest BCUT2D eigenvalue weighted by Gasteiger charge is 2.59. The Morgan fingerprint density at radius 3 is 2.10 bits per heavy atom. The Bertz CT molecular complexity index is 375. The van der Waals surface area contributed by atoms with Gasteiger partial charge in [0.2, 0.25) is 0 Å². The highest BCUT2D eigenvalue weighted by molar-refractivity contribution is 6.74. The van der Waals surface area contributed by atoms with Crippen LogP contribution in [0.15, 0.2) is 0 Å². The molecule has 0 aromatic carbocycles. The van der Waals surface area contributed by atoms with Gasteiger partial charge in [0, 0.05) is 5.92 Å². The van der Waals surface area contributed by atoms with E-state index in [1.807, 2.05) is 20.8 Å². The minimum Gasteiger partial charge on any atom is -0.409 e. The molecule has 5 heteroatoms. The average molecular weight is 302 g/mol. The number of aliphatic hydroxyl groups is 1. The summed E-state index contributed by atoms with van der Waals surface area (Å²) < 4.78 is 18.4. The van der Waals surface area contributed by atoms with E-state index in [9.17, 15) is 5.11 Å². The van der Waals surface area contributed by atoms with Gasteiger partial charge < -0.3 is 19.0 Å². The van der Waals surface area contributed by atoms with Gasteiger partial charge in [-0.05, 0) is 32.0 Å². The van der Waals surface area contributed by atoms with E-state index in [-0.39, 0.29) is 29.3 Å². The van der Waals surface area contributed by atoms with E-state index in [0.29, 0.717) is 0 Å². The summed E-state index contributed by atoms with van der Waals surface area (Å²) in [5, 5.41) is 10.6. The Labute approximate surface area is 123 Å². The topological polar surface area (TPSA) is 47.9 Å². The molecule has 1 N–H and O–H groups in total. The van der Waals surface area contributed by atoms with Gasteiger partial charge in [0.05, 0.1) is 12.2 Å². The summed E-state index contributed by atoms with van der Waals surface area (Å²) in [5.41, 5.74) is 0. The predicted molar refractivity (Wildman–Crippen MR) is 81.1 cm³/mol. The molecule has 5 atom stereocenters. The molecule has 1 aliphatic carbocycles. The summed E-state index contributed by atoms with van der Waals surface area (Å²) in [7, 11) is -1.94. The van der Waals surface area contributed by atoms with E-state index in [4.69, 9.17) is 13.9 Å². The fraction of sp³-hybridized carbons (Fsp3) is 1.00. The summed E-state index contributed by atoms with van der Waals surface area (Å²) >= 11 is 0. The highest BCUT2D eigenvalue weighted by Crippen LogP contribution is 2.46. The molecule has 1 heterocycles. The van der Waals surface area contributed by atoms with Crippen molar-refractivity contribution in [2.45, 2.75) is 89.9 Å². The van der Waals surface area contributed by atoms with Crippen LogP contribution >= 0.6 is 0 Å². The van der Waals surface area contributed by atoms with Crippen LogP contribution in [0.1, 0.15) is 41.5 Å². The van der Waals surface area contributed by atoms with E-state index in [2.05, 4.69) is 33.9 Å². The van der Waals surface area contributed by atoms with Crippen LogP contribution in [0.5, 0.6) is 0 Å². The maximum atomic E-state index is 10.5. The number of aliphatic hydroxyl groups excluding tert-OH is 1. The molecule has 2 aliphatic rings. The van der Waals surface area contributed by atoms with Crippen molar-refractivity contribution >= 4 is 8.32 Å². The molecule has 0 amide bonds. The Morgan fingerprint density at radius 2 is 1.60 bits per heavy atom. The first-order valence-corrected chi connectivity index (χ1v) is 10.5. The van der Waals surface area contributed by atoms with Crippen LogP contribution in [0.25, 0.3) is 0 Å². The van der Waals surface area contributed by atoms with Crippen LogP contribution < -0.4 is 0 Å². The molecule has 118 valence electrons. The van der Waals surface area contributed by atoms with E-state index in [1.165, 1.54) is 0 Å². The third-order valence-electron chi connectivity index (χ3n) is 5.12. The van der Waals surface area contributed by atoms with Crippen LogP contribution in [-0.4, -0.2) is 43.6 Å². The van der Waals surface area contributed by atoms with Gasteiger partial charge in [-0.2, -0.15) is 0 Å². The van der Waals surface area contributed by atoms with Crippen LogP contribution in [0, 0.1) is 5.92 Å². The molecular formula is C15H30O4Si. The molecule has 20 heavy (non-hydrogen) atoms. The lowest BCUT2D eigenvalue weighted by atomic mass is 10.1. The van der Waals surface area contributed by atoms with Gasteiger partial charge in [-0.1, -0.05) is 27.7 Å². The molecule has 4 nitrogen and oxygen atoms in total. The van der Waals surface area contributed by atoms with E-state index in [0.717, 1.165) is 0 Å². The number of fused-ring (bicyclic) bond motifs is 1. The van der Waals surface area contributed by atoms with Crippen molar-refractivity contribution in [3.63, 3.8) is 0 Å². The van der Waals surface area contributed by atoms with Crippen LogP contribution in [0.3, 0.4) is 0 Å². The summed E-state index contributed by atoms with van der Waals surface area (Å²) in [6, 6.07) is 0. The normalized spacial score (nSPS) is 41.0. The largest absolute Gasteiger partial charge is 0.409 e. The van der Waals surface area contributed by atoms with Crippen molar-refractivity contribution < 1.29 is 19.0 Å². The van der Waals surface area contributed by atoms with Gasteiger partial charge in [-0.15, -0.1) is 0 Å². The second-order valence-electron chi connectivity index (χ2n) is 8.26. The van der Waals surface area contributed by atoms with Crippen molar-refractivity contribution in [3.8, 4) is 0 Å². The summed E-state index contributed by atoms with van der Waals surface area (Å²) in [6.45, 7) is 16.9. The molecule has 2 rings (SSSR count). The fourth-order valence-corrected chi connectivity index (χ4v) is 4.13. The first-order chi connectivity index (χ1) is 8.86. The number of ether oxygens (including phenoxy) is 2. The summed E-state index contributed by atoms with van der Waals surface area (Å²) in [6.07, 6.45) is -1.04. The Balaban J connectivity index is 2.19. The van der Waals surface area contributed by atoms with Crippen LogP contribution in [0.4, 0.5) is 0 Å². The first-order valence-electron chi connectivity index (χ1n) is 7.57. The SMILES string of the molecule is C[C@@H]1[C@@H](O)[C@H](O[Si](C)(C)C(C)(C)C)[C@H]2OC(C)(C)O[C@@H]12. The lowest BCUT2D eigenvalue weighted by molar-refractivity contribution is -0.177. The van der Waals surface area contributed by atoms with Gasteiger partial charge in [0.15, 0.2) is 14.1 Å². The molecular weight excluding hydrogens is 272 g/mol. The molecule has 0 unspecified atom stereocenters. The molecule has 0 spiro atoms. The molecule has 1 aliphatic heterocycles. The van der Waals surface area contributed by atoms with Crippen molar-refractivity contribution in [2.24, 2.45) is 5.92 Å². The summed E-state index contributed by atoms with van der Waals surface area (Å²) in [5.74, 6) is -0.546. The van der Waals surface area contributed by atoms with Gasteiger partial charge in [0.25, 0.3) is 0 Å².